The first-order valence-electron chi connectivity index (χ1n) is 5.12. The Kier molecular flexibility index (Phi) is 5.42. The third-order valence-corrected chi connectivity index (χ3v) is 2.82. The minimum atomic E-state index is 0.719. The highest BCUT2D eigenvalue weighted by Crippen LogP contribution is 2.17. The van der Waals surface area contributed by atoms with Gasteiger partial charge in [0.15, 0.2) is 0 Å². The SMILES string of the molecule is CCN(CCCN)c1cc(SC)ncn1. The minimum absolute atomic E-state index is 0.719. The second-order valence-corrected chi connectivity index (χ2v) is 3.97. The fraction of sp³-hybridized carbons (Fsp3) is 0.600. The smallest absolute Gasteiger partial charge is 0.133 e. The van der Waals surface area contributed by atoms with Crippen molar-refractivity contribution in [1.29, 1.82) is 0 Å². The topological polar surface area (TPSA) is 55.0 Å². The minimum Gasteiger partial charge on any atom is -0.357 e. The van der Waals surface area contributed by atoms with Gasteiger partial charge in [-0.1, -0.05) is 0 Å². The molecular formula is C10H18N4S. The Hall–Kier alpha value is -0.810. The van der Waals surface area contributed by atoms with Crippen LogP contribution in [-0.2, 0) is 0 Å². The van der Waals surface area contributed by atoms with Crippen LogP contribution in [0.2, 0.25) is 0 Å². The van der Waals surface area contributed by atoms with E-state index < -0.39 is 0 Å². The Labute approximate surface area is 95.3 Å². The number of rotatable bonds is 6. The summed E-state index contributed by atoms with van der Waals surface area (Å²) in [6.45, 7) is 4.75. The largest absolute Gasteiger partial charge is 0.357 e. The van der Waals surface area contributed by atoms with E-state index in [9.17, 15) is 0 Å². The molecule has 0 radical (unpaired) electrons. The van der Waals surface area contributed by atoms with Gasteiger partial charge in [0.2, 0.25) is 0 Å². The number of aromatic nitrogens is 2. The maximum atomic E-state index is 5.50. The highest BCUT2D eigenvalue weighted by atomic mass is 32.2. The number of anilines is 1. The molecule has 5 heteroatoms. The van der Waals surface area contributed by atoms with Crippen LogP contribution in [0.5, 0.6) is 0 Å². The summed E-state index contributed by atoms with van der Waals surface area (Å²) >= 11 is 1.63. The van der Waals surface area contributed by atoms with Gasteiger partial charge < -0.3 is 10.6 Å². The summed E-state index contributed by atoms with van der Waals surface area (Å²) in [5.74, 6) is 0.991. The zero-order chi connectivity index (χ0) is 11.1. The van der Waals surface area contributed by atoms with Gasteiger partial charge in [0.25, 0.3) is 0 Å². The molecule has 0 spiro atoms. The van der Waals surface area contributed by atoms with Crippen molar-refractivity contribution < 1.29 is 0 Å². The van der Waals surface area contributed by atoms with Gasteiger partial charge in [-0.3, -0.25) is 0 Å². The van der Waals surface area contributed by atoms with E-state index in [0.29, 0.717) is 0 Å². The summed E-state index contributed by atoms with van der Waals surface area (Å²) in [5.41, 5.74) is 5.50. The summed E-state index contributed by atoms with van der Waals surface area (Å²) in [4.78, 5) is 10.6. The number of hydrogen-bond donors (Lipinski definition) is 1. The zero-order valence-electron chi connectivity index (χ0n) is 9.31. The van der Waals surface area contributed by atoms with Crippen molar-refractivity contribution in [2.75, 3.05) is 30.8 Å². The summed E-state index contributed by atoms with van der Waals surface area (Å²) in [6.07, 6.45) is 4.63. The first-order chi connectivity index (χ1) is 7.31. The Morgan fingerprint density at radius 3 is 2.87 bits per heavy atom. The van der Waals surface area contributed by atoms with Crippen LogP contribution in [0.4, 0.5) is 5.82 Å². The molecule has 1 rings (SSSR count). The van der Waals surface area contributed by atoms with E-state index in [1.165, 1.54) is 0 Å². The second kappa shape index (κ2) is 6.63. The maximum absolute atomic E-state index is 5.50. The van der Waals surface area contributed by atoms with Crippen molar-refractivity contribution in [3.8, 4) is 0 Å². The molecule has 0 aromatic carbocycles. The molecule has 0 atom stereocenters. The highest BCUT2D eigenvalue weighted by Gasteiger charge is 2.05. The molecule has 0 unspecified atom stereocenters. The van der Waals surface area contributed by atoms with Crippen LogP contribution in [-0.4, -0.2) is 35.9 Å². The normalized spacial score (nSPS) is 10.3. The van der Waals surface area contributed by atoms with E-state index >= 15 is 0 Å². The summed E-state index contributed by atoms with van der Waals surface area (Å²) < 4.78 is 0. The van der Waals surface area contributed by atoms with E-state index in [0.717, 1.165) is 36.9 Å². The van der Waals surface area contributed by atoms with Gasteiger partial charge in [-0.15, -0.1) is 11.8 Å². The molecule has 15 heavy (non-hydrogen) atoms. The molecule has 0 amide bonds. The number of nitrogens with two attached hydrogens (primary N) is 1. The summed E-state index contributed by atoms with van der Waals surface area (Å²) in [5, 5.41) is 1.01. The molecule has 84 valence electrons. The van der Waals surface area contributed by atoms with Crippen molar-refractivity contribution in [3.63, 3.8) is 0 Å². The average Bonchev–Trinajstić information content (AvgIpc) is 2.30. The van der Waals surface area contributed by atoms with Crippen LogP contribution in [0, 0.1) is 0 Å². The Balaban J connectivity index is 2.72. The van der Waals surface area contributed by atoms with Gasteiger partial charge in [0.05, 0.1) is 0 Å². The standard InChI is InChI=1S/C10H18N4S/c1-3-14(6-4-5-11)9-7-10(15-2)13-8-12-9/h7-8H,3-6,11H2,1-2H3. The summed E-state index contributed by atoms with van der Waals surface area (Å²) in [6, 6.07) is 2.02. The van der Waals surface area contributed by atoms with Gasteiger partial charge in [-0.25, -0.2) is 9.97 Å². The lowest BCUT2D eigenvalue weighted by Gasteiger charge is -2.21. The Morgan fingerprint density at radius 1 is 1.47 bits per heavy atom. The van der Waals surface area contributed by atoms with Crippen molar-refractivity contribution in [2.24, 2.45) is 5.73 Å². The third kappa shape index (κ3) is 3.68. The van der Waals surface area contributed by atoms with Gasteiger partial charge in [0, 0.05) is 19.2 Å². The number of thioether (sulfide) groups is 1. The van der Waals surface area contributed by atoms with Crippen LogP contribution in [0.3, 0.4) is 0 Å². The van der Waals surface area contributed by atoms with Crippen molar-refractivity contribution >= 4 is 17.6 Å². The zero-order valence-corrected chi connectivity index (χ0v) is 10.1. The van der Waals surface area contributed by atoms with E-state index in [1.54, 1.807) is 18.1 Å². The highest BCUT2D eigenvalue weighted by molar-refractivity contribution is 7.98. The molecule has 2 N–H and O–H groups in total. The predicted molar refractivity (Wildman–Crippen MR) is 65.4 cm³/mol. The maximum Gasteiger partial charge on any atom is 0.133 e. The molecule has 0 saturated heterocycles. The van der Waals surface area contributed by atoms with Crippen LogP contribution >= 0.6 is 11.8 Å². The van der Waals surface area contributed by atoms with E-state index in [1.807, 2.05) is 12.3 Å². The molecule has 0 aliphatic carbocycles. The van der Waals surface area contributed by atoms with Crippen molar-refractivity contribution in [1.82, 2.24) is 9.97 Å². The molecule has 0 bridgehead atoms. The molecule has 0 saturated carbocycles. The molecule has 1 heterocycles. The van der Waals surface area contributed by atoms with E-state index in [-0.39, 0.29) is 0 Å². The lowest BCUT2D eigenvalue weighted by molar-refractivity contribution is 0.740. The van der Waals surface area contributed by atoms with Crippen LogP contribution in [0.25, 0.3) is 0 Å². The number of nitrogens with zero attached hydrogens (tertiary/aromatic N) is 3. The van der Waals surface area contributed by atoms with Crippen LogP contribution in [0.1, 0.15) is 13.3 Å². The quantitative estimate of drug-likeness (QED) is 0.586. The Morgan fingerprint density at radius 2 is 2.27 bits per heavy atom. The Bertz CT molecular complexity index is 293. The van der Waals surface area contributed by atoms with Crippen molar-refractivity contribution in [2.45, 2.75) is 18.4 Å². The average molecular weight is 226 g/mol. The number of hydrogen-bond acceptors (Lipinski definition) is 5. The van der Waals surface area contributed by atoms with Crippen LogP contribution < -0.4 is 10.6 Å². The molecule has 0 aliphatic rings. The second-order valence-electron chi connectivity index (χ2n) is 3.14. The van der Waals surface area contributed by atoms with Gasteiger partial charge in [-0.05, 0) is 26.1 Å². The fourth-order valence-electron chi connectivity index (χ4n) is 1.33. The molecule has 1 aromatic rings. The molecule has 0 fully saturated rings. The first-order valence-corrected chi connectivity index (χ1v) is 6.35. The van der Waals surface area contributed by atoms with E-state index in [4.69, 9.17) is 5.73 Å². The van der Waals surface area contributed by atoms with E-state index in [2.05, 4.69) is 21.8 Å². The third-order valence-electron chi connectivity index (χ3n) is 2.17. The lowest BCUT2D eigenvalue weighted by Crippen LogP contribution is -2.26. The van der Waals surface area contributed by atoms with Gasteiger partial charge >= 0.3 is 0 Å². The first kappa shape index (κ1) is 12.3. The monoisotopic (exact) mass is 226 g/mol. The predicted octanol–water partition coefficient (Wildman–Crippen LogP) is 1.37. The van der Waals surface area contributed by atoms with Crippen LogP contribution in [0.15, 0.2) is 17.4 Å². The van der Waals surface area contributed by atoms with Crippen molar-refractivity contribution in [3.05, 3.63) is 12.4 Å². The molecule has 0 aliphatic heterocycles. The van der Waals surface area contributed by atoms with Gasteiger partial charge in [-0.2, -0.15) is 0 Å². The van der Waals surface area contributed by atoms with Gasteiger partial charge in [0.1, 0.15) is 17.2 Å². The summed E-state index contributed by atoms with van der Waals surface area (Å²) in [7, 11) is 0. The molecule has 1 aromatic heterocycles. The molecule has 4 nitrogen and oxygen atoms in total. The lowest BCUT2D eigenvalue weighted by atomic mass is 10.3. The fourth-order valence-corrected chi connectivity index (χ4v) is 1.71. The molecular weight excluding hydrogens is 208 g/mol.